The smallest absolute Gasteiger partial charge is 0.423 e. The molecule has 1 aromatic carbocycles. The van der Waals surface area contributed by atoms with Gasteiger partial charge in [-0.2, -0.15) is 0 Å². The summed E-state index contributed by atoms with van der Waals surface area (Å²) in [4.78, 5) is 11.0. The van der Waals surface area contributed by atoms with Gasteiger partial charge in [-0.25, -0.2) is 0 Å². The molecule has 0 saturated heterocycles. The molecule has 0 bridgehead atoms. The van der Waals surface area contributed by atoms with Gasteiger partial charge in [-0.05, 0) is 17.6 Å². The van der Waals surface area contributed by atoms with Crippen LogP contribution in [0.3, 0.4) is 0 Å². The van der Waals surface area contributed by atoms with Crippen molar-refractivity contribution >= 4 is 29.9 Å². The topological polar surface area (TPSA) is 81.6 Å². The fraction of sp³-hybridized carbons (Fsp3) is 0.125. The summed E-state index contributed by atoms with van der Waals surface area (Å²) in [7, 11) is -1.49. The van der Waals surface area contributed by atoms with Crippen molar-refractivity contribution < 1.29 is 14.8 Å². The number of amides is 1. The lowest BCUT2D eigenvalue weighted by Crippen LogP contribution is -2.33. The molecule has 0 unspecified atom stereocenters. The van der Waals surface area contributed by atoms with E-state index in [2.05, 4.69) is 10.6 Å². The van der Waals surface area contributed by atoms with Gasteiger partial charge in [-0.3, -0.25) is 4.79 Å². The molecule has 0 atom stereocenters. The zero-order valence-electron chi connectivity index (χ0n) is 7.32. The molecule has 1 heterocycles. The SMILES string of the molecule is O=C1CNc2cc(B(O)O)ccc2N1. The van der Waals surface area contributed by atoms with Crippen LogP contribution in [-0.4, -0.2) is 29.6 Å². The molecule has 1 aliphatic heterocycles. The molecule has 6 heteroatoms. The summed E-state index contributed by atoms with van der Waals surface area (Å²) < 4.78 is 0. The fourth-order valence-corrected chi connectivity index (χ4v) is 1.35. The van der Waals surface area contributed by atoms with Crippen molar-refractivity contribution in [2.45, 2.75) is 0 Å². The highest BCUT2D eigenvalue weighted by Crippen LogP contribution is 2.22. The van der Waals surface area contributed by atoms with E-state index in [1.54, 1.807) is 18.2 Å². The maximum atomic E-state index is 11.0. The number of nitrogens with one attached hydrogen (secondary N) is 2. The third-order valence-electron chi connectivity index (χ3n) is 2.06. The molecule has 0 spiro atoms. The van der Waals surface area contributed by atoms with Gasteiger partial charge in [0.1, 0.15) is 0 Å². The van der Waals surface area contributed by atoms with Crippen LogP contribution in [0.25, 0.3) is 0 Å². The van der Waals surface area contributed by atoms with Crippen molar-refractivity contribution in [1.29, 1.82) is 0 Å². The van der Waals surface area contributed by atoms with Crippen LogP contribution in [-0.2, 0) is 4.79 Å². The molecule has 0 aliphatic carbocycles. The molecule has 2 rings (SSSR count). The largest absolute Gasteiger partial charge is 0.488 e. The van der Waals surface area contributed by atoms with E-state index in [1.807, 2.05) is 0 Å². The van der Waals surface area contributed by atoms with E-state index >= 15 is 0 Å². The Morgan fingerprint density at radius 3 is 2.79 bits per heavy atom. The number of fused-ring (bicyclic) bond motifs is 1. The van der Waals surface area contributed by atoms with Crippen LogP contribution in [0.1, 0.15) is 0 Å². The number of rotatable bonds is 1. The number of benzene rings is 1. The van der Waals surface area contributed by atoms with E-state index in [-0.39, 0.29) is 12.5 Å². The Morgan fingerprint density at radius 1 is 1.29 bits per heavy atom. The van der Waals surface area contributed by atoms with Crippen molar-refractivity contribution in [2.24, 2.45) is 0 Å². The number of hydrogen-bond donors (Lipinski definition) is 4. The van der Waals surface area contributed by atoms with Gasteiger partial charge < -0.3 is 20.7 Å². The minimum absolute atomic E-state index is 0.102. The van der Waals surface area contributed by atoms with E-state index in [1.165, 1.54) is 0 Å². The molecule has 0 saturated carbocycles. The zero-order valence-corrected chi connectivity index (χ0v) is 7.32. The Hall–Kier alpha value is -1.53. The van der Waals surface area contributed by atoms with Crippen LogP contribution in [0.4, 0.5) is 11.4 Å². The first kappa shape index (κ1) is 9.05. The zero-order chi connectivity index (χ0) is 10.1. The first-order valence-corrected chi connectivity index (χ1v) is 4.20. The van der Waals surface area contributed by atoms with Gasteiger partial charge >= 0.3 is 7.12 Å². The van der Waals surface area contributed by atoms with Gasteiger partial charge in [-0.1, -0.05) is 6.07 Å². The molecule has 0 aromatic heterocycles. The normalized spacial score (nSPS) is 14.0. The Balaban J connectivity index is 2.36. The maximum Gasteiger partial charge on any atom is 0.488 e. The summed E-state index contributed by atoms with van der Waals surface area (Å²) in [6, 6.07) is 4.78. The lowest BCUT2D eigenvalue weighted by Gasteiger charge is -2.19. The monoisotopic (exact) mass is 192 g/mol. The molecule has 1 amide bonds. The summed E-state index contributed by atoms with van der Waals surface area (Å²) in [5.41, 5.74) is 1.76. The predicted octanol–water partition coefficient (Wildman–Crippen LogP) is -1.27. The van der Waals surface area contributed by atoms with E-state index < -0.39 is 7.12 Å². The molecule has 0 fully saturated rings. The summed E-state index contributed by atoms with van der Waals surface area (Å²) in [5, 5.41) is 23.4. The lowest BCUT2D eigenvalue weighted by molar-refractivity contribution is -0.114. The van der Waals surface area contributed by atoms with Gasteiger partial charge in [0.2, 0.25) is 5.91 Å². The lowest BCUT2D eigenvalue weighted by atomic mass is 9.80. The van der Waals surface area contributed by atoms with E-state index in [9.17, 15) is 4.79 Å². The molecule has 1 aromatic rings. The van der Waals surface area contributed by atoms with Crippen LogP contribution >= 0.6 is 0 Å². The molecule has 0 radical (unpaired) electrons. The second kappa shape index (κ2) is 3.32. The van der Waals surface area contributed by atoms with Crippen LogP contribution in [0.15, 0.2) is 18.2 Å². The number of hydrogen-bond acceptors (Lipinski definition) is 4. The average molecular weight is 192 g/mol. The first-order valence-electron chi connectivity index (χ1n) is 4.20. The minimum Gasteiger partial charge on any atom is -0.423 e. The van der Waals surface area contributed by atoms with E-state index in [0.717, 1.165) is 0 Å². The number of anilines is 2. The Morgan fingerprint density at radius 2 is 2.07 bits per heavy atom. The van der Waals surface area contributed by atoms with Crippen LogP contribution < -0.4 is 16.1 Å². The van der Waals surface area contributed by atoms with Crippen molar-refractivity contribution in [2.75, 3.05) is 17.2 Å². The van der Waals surface area contributed by atoms with Crippen molar-refractivity contribution in [3.05, 3.63) is 18.2 Å². The molecular formula is C8H9BN2O3. The third-order valence-corrected chi connectivity index (χ3v) is 2.06. The summed E-state index contributed by atoms with van der Waals surface area (Å²) >= 11 is 0. The predicted molar refractivity (Wildman–Crippen MR) is 53.4 cm³/mol. The van der Waals surface area contributed by atoms with Gasteiger partial charge in [-0.15, -0.1) is 0 Å². The van der Waals surface area contributed by atoms with Crippen molar-refractivity contribution in [3.63, 3.8) is 0 Å². The highest BCUT2D eigenvalue weighted by Gasteiger charge is 2.17. The minimum atomic E-state index is -1.49. The van der Waals surface area contributed by atoms with E-state index in [0.29, 0.717) is 16.8 Å². The van der Waals surface area contributed by atoms with Gasteiger partial charge in [0.15, 0.2) is 0 Å². The number of carbonyl (C=O) groups is 1. The molecular weight excluding hydrogens is 183 g/mol. The molecule has 5 nitrogen and oxygen atoms in total. The van der Waals surface area contributed by atoms with Crippen LogP contribution in [0, 0.1) is 0 Å². The van der Waals surface area contributed by atoms with E-state index in [4.69, 9.17) is 10.0 Å². The summed E-state index contributed by atoms with van der Waals surface area (Å²) in [6.45, 7) is 0.206. The van der Waals surface area contributed by atoms with Crippen molar-refractivity contribution in [1.82, 2.24) is 0 Å². The molecule has 72 valence electrons. The third kappa shape index (κ3) is 1.57. The Kier molecular flexibility index (Phi) is 2.15. The Bertz CT molecular complexity index is 381. The molecule has 4 N–H and O–H groups in total. The average Bonchev–Trinajstić information content (AvgIpc) is 2.16. The summed E-state index contributed by atoms with van der Waals surface area (Å²) in [5.74, 6) is -0.102. The second-order valence-corrected chi connectivity index (χ2v) is 3.08. The molecule has 14 heavy (non-hydrogen) atoms. The van der Waals surface area contributed by atoms with Crippen LogP contribution in [0.2, 0.25) is 0 Å². The highest BCUT2D eigenvalue weighted by molar-refractivity contribution is 6.58. The maximum absolute atomic E-state index is 11.0. The van der Waals surface area contributed by atoms with Crippen LogP contribution in [0.5, 0.6) is 0 Å². The van der Waals surface area contributed by atoms with Gasteiger partial charge in [0, 0.05) is 0 Å². The highest BCUT2D eigenvalue weighted by atomic mass is 16.4. The first-order chi connectivity index (χ1) is 6.66. The number of carbonyl (C=O) groups excluding carboxylic acids is 1. The Labute approximate surface area is 80.9 Å². The molecule has 1 aliphatic rings. The fourth-order valence-electron chi connectivity index (χ4n) is 1.35. The van der Waals surface area contributed by atoms with Crippen molar-refractivity contribution in [3.8, 4) is 0 Å². The van der Waals surface area contributed by atoms with Gasteiger partial charge in [0.25, 0.3) is 0 Å². The standard InChI is InChI=1S/C8H9BN2O3/c12-8-4-10-7-3-5(9(13)14)1-2-6(7)11-8/h1-3,10,13-14H,4H2,(H,11,12). The quantitative estimate of drug-likeness (QED) is 0.418. The second-order valence-electron chi connectivity index (χ2n) is 3.08. The summed E-state index contributed by atoms with van der Waals surface area (Å²) in [6.07, 6.45) is 0. The van der Waals surface area contributed by atoms with Gasteiger partial charge in [0.05, 0.1) is 17.9 Å².